The number of carbonyl (C=O) groups is 1. The quantitative estimate of drug-likeness (QED) is 0.701. The van der Waals surface area contributed by atoms with Crippen molar-refractivity contribution in [2.75, 3.05) is 13.1 Å². The van der Waals surface area contributed by atoms with Crippen molar-refractivity contribution in [3.8, 4) is 0 Å². The second-order valence-electron chi connectivity index (χ2n) is 4.86. The minimum Gasteiger partial charge on any atom is -0.350 e. The minimum atomic E-state index is -3.84. The van der Waals surface area contributed by atoms with Gasteiger partial charge < -0.3 is 5.32 Å². The summed E-state index contributed by atoms with van der Waals surface area (Å²) in [6.07, 6.45) is 0. The topological polar surface area (TPSA) is 66.5 Å². The fourth-order valence-electron chi connectivity index (χ4n) is 2.01. The van der Waals surface area contributed by atoms with E-state index in [4.69, 9.17) is 11.6 Å². The summed E-state index contributed by atoms with van der Waals surface area (Å²) < 4.78 is 27.2. The zero-order valence-corrected chi connectivity index (χ0v) is 16.8. The first kappa shape index (κ1) is 19.4. The van der Waals surface area contributed by atoms with Crippen molar-refractivity contribution in [2.45, 2.75) is 18.4 Å². The van der Waals surface area contributed by atoms with E-state index in [1.54, 1.807) is 13.0 Å². The summed E-state index contributed by atoms with van der Waals surface area (Å²) in [5, 5.41) is 4.75. The Balaban J connectivity index is 2.10. The van der Waals surface area contributed by atoms with Crippen LogP contribution in [0.2, 0.25) is 5.02 Å². The van der Waals surface area contributed by atoms with Gasteiger partial charge in [-0.05, 0) is 29.6 Å². The van der Waals surface area contributed by atoms with Gasteiger partial charge in [0.1, 0.15) is 4.90 Å². The average Bonchev–Trinajstić information content (AvgIpc) is 3.03. The Hall–Kier alpha value is -0.930. The first-order valence-electron chi connectivity index (χ1n) is 7.09. The summed E-state index contributed by atoms with van der Waals surface area (Å²) in [6, 6.07) is 8.34. The Morgan fingerprint density at radius 2 is 2.12 bits per heavy atom. The zero-order valence-electron chi connectivity index (χ0n) is 12.8. The predicted molar refractivity (Wildman–Crippen MR) is 99.8 cm³/mol. The van der Waals surface area contributed by atoms with Gasteiger partial charge in [0.15, 0.2) is 0 Å². The lowest BCUT2D eigenvalue weighted by Gasteiger charge is -2.20. The van der Waals surface area contributed by atoms with E-state index in [2.05, 4.69) is 21.2 Å². The van der Waals surface area contributed by atoms with Gasteiger partial charge in [-0.3, -0.25) is 4.79 Å². The molecular formula is C15H16BrClN2O3S2. The SMILES string of the molecule is CCN(CC(=O)NCc1cccs1)S(=O)(=O)c1ccc(Br)cc1Cl. The molecule has 0 aliphatic rings. The van der Waals surface area contributed by atoms with E-state index in [9.17, 15) is 13.2 Å². The molecule has 2 rings (SSSR count). The maximum absolute atomic E-state index is 12.7. The lowest BCUT2D eigenvalue weighted by atomic mass is 10.4. The van der Waals surface area contributed by atoms with Crippen LogP contribution >= 0.6 is 38.9 Å². The number of rotatable bonds is 7. The van der Waals surface area contributed by atoms with Gasteiger partial charge in [0.2, 0.25) is 15.9 Å². The molecule has 0 saturated heterocycles. The van der Waals surface area contributed by atoms with Crippen molar-refractivity contribution >= 4 is 54.8 Å². The number of halogens is 2. The van der Waals surface area contributed by atoms with Gasteiger partial charge >= 0.3 is 0 Å². The van der Waals surface area contributed by atoms with E-state index in [1.807, 2.05) is 17.5 Å². The molecule has 0 unspecified atom stereocenters. The van der Waals surface area contributed by atoms with Crippen LogP contribution in [-0.2, 0) is 21.4 Å². The summed E-state index contributed by atoms with van der Waals surface area (Å²) in [5.74, 6) is -0.359. The normalized spacial score (nSPS) is 11.7. The molecule has 9 heteroatoms. The number of amides is 1. The summed E-state index contributed by atoms with van der Waals surface area (Å²) in [6.45, 7) is 1.97. The van der Waals surface area contributed by atoms with Gasteiger partial charge in [-0.2, -0.15) is 4.31 Å². The summed E-state index contributed by atoms with van der Waals surface area (Å²) >= 11 is 10.8. The van der Waals surface area contributed by atoms with Crippen molar-refractivity contribution in [1.29, 1.82) is 0 Å². The third-order valence-electron chi connectivity index (χ3n) is 3.22. The molecule has 0 bridgehead atoms. The molecule has 0 atom stereocenters. The van der Waals surface area contributed by atoms with Crippen LogP contribution in [0.25, 0.3) is 0 Å². The number of carbonyl (C=O) groups excluding carboxylic acids is 1. The standard InChI is InChI=1S/C15H16BrClN2O3S2/c1-2-19(10-15(20)18-9-12-4-3-7-23-12)24(21,22)14-6-5-11(16)8-13(14)17/h3-8H,2,9-10H2,1H3,(H,18,20). The molecule has 24 heavy (non-hydrogen) atoms. The molecule has 1 aromatic heterocycles. The highest BCUT2D eigenvalue weighted by molar-refractivity contribution is 9.10. The van der Waals surface area contributed by atoms with E-state index < -0.39 is 10.0 Å². The summed E-state index contributed by atoms with van der Waals surface area (Å²) in [4.78, 5) is 13.1. The number of sulfonamides is 1. The molecular weight excluding hydrogens is 436 g/mol. The van der Waals surface area contributed by atoms with Crippen molar-refractivity contribution in [1.82, 2.24) is 9.62 Å². The van der Waals surface area contributed by atoms with Crippen LogP contribution in [0, 0.1) is 0 Å². The Kier molecular flexibility index (Phi) is 6.82. The van der Waals surface area contributed by atoms with Crippen LogP contribution in [0.15, 0.2) is 45.1 Å². The number of nitrogens with one attached hydrogen (secondary N) is 1. The number of nitrogens with zero attached hydrogens (tertiary/aromatic N) is 1. The van der Waals surface area contributed by atoms with E-state index in [1.165, 1.54) is 23.5 Å². The van der Waals surface area contributed by atoms with Gasteiger partial charge in [0.05, 0.1) is 18.1 Å². The second-order valence-corrected chi connectivity index (χ2v) is 9.12. The highest BCUT2D eigenvalue weighted by atomic mass is 79.9. The Morgan fingerprint density at radius 3 is 2.71 bits per heavy atom. The smallest absolute Gasteiger partial charge is 0.245 e. The lowest BCUT2D eigenvalue weighted by molar-refractivity contribution is -0.121. The van der Waals surface area contributed by atoms with Crippen molar-refractivity contribution in [3.63, 3.8) is 0 Å². The summed E-state index contributed by atoms with van der Waals surface area (Å²) in [7, 11) is -3.84. The first-order chi connectivity index (χ1) is 11.3. The fraction of sp³-hybridized carbons (Fsp3) is 0.267. The Labute approximate surface area is 158 Å². The molecule has 1 amide bonds. The maximum atomic E-state index is 12.7. The zero-order chi connectivity index (χ0) is 17.7. The minimum absolute atomic E-state index is 0.0136. The molecule has 0 radical (unpaired) electrons. The molecule has 1 N–H and O–H groups in total. The molecule has 1 heterocycles. The highest BCUT2D eigenvalue weighted by Gasteiger charge is 2.27. The van der Waals surface area contributed by atoms with E-state index in [0.717, 1.165) is 9.18 Å². The van der Waals surface area contributed by atoms with Gasteiger partial charge in [-0.1, -0.05) is 40.5 Å². The maximum Gasteiger partial charge on any atom is 0.245 e. The first-order valence-corrected chi connectivity index (χ1v) is 10.6. The van der Waals surface area contributed by atoms with Crippen LogP contribution in [-0.4, -0.2) is 31.7 Å². The molecule has 1 aromatic carbocycles. The number of thiophene rings is 1. The second kappa shape index (κ2) is 8.44. The molecule has 0 saturated carbocycles. The van der Waals surface area contributed by atoms with Crippen molar-refractivity contribution in [3.05, 3.63) is 50.1 Å². The van der Waals surface area contributed by atoms with Crippen LogP contribution in [0.1, 0.15) is 11.8 Å². The van der Waals surface area contributed by atoms with Crippen molar-refractivity contribution < 1.29 is 13.2 Å². The predicted octanol–water partition coefficient (Wildman–Crippen LogP) is 3.49. The van der Waals surface area contributed by atoms with Gasteiger partial charge in [-0.25, -0.2) is 8.42 Å². The average molecular weight is 452 g/mol. The van der Waals surface area contributed by atoms with Gasteiger partial charge in [0.25, 0.3) is 0 Å². The largest absolute Gasteiger partial charge is 0.350 e. The molecule has 130 valence electrons. The molecule has 0 aliphatic heterocycles. The van der Waals surface area contributed by atoms with Crippen LogP contribution in [0.5, 0.6) is 0 Å². The van der Waals surface area contributed by atoms with Crippen LogP contribution < -0.4 is 5.32 Å². The molecule has 5 nitrogen and oxygen atoms in total. The number of hydrogen-bond donors (Lipinski definition) is 1. The number of hydrogen-bond acceptors (Lipinski definition) is 4. The van der Waals surface area contributed by atoms with Crippen LogP contribution in [0.4, 0.5) is 0 Å². The van der Waals surface area contributed by atoms with E-state index in [0.29, 0.717) is 11.0 Å². The number of benzene rings is 1. The molecule has 2 aromatic rings. The van der Waals surface area contributed by atoms with Crippen LogP contribution in [0.3, 0.4) is 0 Å². The summed E-state index contributed by atoms with van der Waals surface area (Å²) in [5.41, 5.74) is 0. The van der Waals surface area contributed by atoms with Gasteiger partial charge in [0, 0.05) is 15.9 Å². The van der Waals surface area contributed by atoms with E-state index in [-0.39, 0.29) is 28.9 Å². The number of likely N-dealkylation sites (N-methyl/N-ethyl adjacent to an activating group) is 1. The molecule has 0 fully saturated rings. The third-order valence-corrected chi connectivity index (χ3v) is 7.00. The molecule has 0 spiro atoms. The Bertz CT molecular complexity index is 810. The monoisotopic (exact) mass is 450 g/mol. The molecule has 0 aliphatic carbocycles. The fourth-order valence-corrected chi connectivity index (χ4v) is 5.07. The lowest BCUT2D eigenvalue weighted by Crippen LogP contribution is -2.40. The highest BCUT2D eigenvalue weighted by Crippen LogP contribution is 2.27. The van der Waals surface area contributed by atoms with E-state index >= 15 is 0 Å². The van der Waals surface area contributed by atoms with Gasteiger partial charge in [-0.15, -0.1) is 11.3 Å². The third kappa shape index (κ3) is 4.80. The Morgan fingerprint density at radius 1 is 1.38 bits per heavy atom. The van der Waals surface area contributed by atoms with Crippen molar-refractivity contribution in [2.24, 2.45) is 0 Å².